The van der Waals surface area contributed by atoms with Crippen LogP contribution in [0.5, 0.6) is 0 Å². The first-order chi connectivity index (χ1) is 16.2. The number of fused-ring (bicyclic) bond motifs is 1. The van der Waals surface area contributed by atoms with Gasteiger partial charge in [0.25, 0.3) is 8.53 Å². The Morgan fingerprint density at radius 1 is 1.12 bits per heavy atom. The number of nitriles is 1. The normalized spacial score (nSPS) is 14.8. The lowest BCUT2D eigenvalue weighted by Gasteiger charge is -2.36. The zero-order valence-corrected chi connectivity index (χ0v) is 22.6. The summed E-state index contributed by atoms with van der Waals surface area (Å²) in [5.74, 6) is 0.671. The van der Waals surface area contributed by atoms with E-state index in [0.29, 0.717) is 31.1 Å². The predicted octanol–water partition coefficient (Wildman–Crippen LogP) is 4.68. The zero-order valence-electron chi connectivity index (χ0n) is 21.7. The summed E-state index contributed by atoms with van der Waals surface area (Å²) < 4.78 is 28.5. The molecule has 0 saturated heterocycles. The van der Waals surface area contributed by atoms with E-state index in [4.69, 9.17) is 23.8 Å². The molecule has 0 N–H and O–H groups in total. The molecule has 10 nitrogen and oxygen atoms in total. The Balaban J connectivity index is 2.32. The summed E-state index contributed by atoms with van der Waals surface area (Å²) in [4.78, 5) is 13.6. The van der Waals surface area contributed by atoms with E-state index in [1.165, 1.54) is 0 Å². The highest BCUT2D eigenvalue weighted by atomic mass is 31.2. The maximum atomic E-state index is 8.95. The molecule has 1 unspecified atom stereocenters. The van der Waals surface area contributed by atoms with Crippen LogP contribution >= 0.6 is 8.53 Å². The average molecular weight is 495 g/mol. The van der Waals surface area contributed by atoms with E-state index in [9.17, 15) is 0 Å². The molecule has 11 heteroatoms. The molecular weight excluding hydrogens is 455 g/mol. The number of aromatic nitrogens is 4. The van der Waals surface area contributed by atoms with E-state index in [2.05, 4.69) is 60.3 Å². The lowest BCUT2D eigenvalue weighted by atomic mass is 10.3. The summed E-state index contributed by atoms with van der Waals surface area (Å²) in [6.45, 7) is 15.4. The van der Waals surface area contributed by atoms with Gasteiger partial charge in [-0.3, -0.25) is 4.57 Å². The van der Waals surface area contributed by atoms with Crippen LogP contribution in [0.1, 0.15) is 65.2 Å². The molecular formula is C23H39N6O4P. The molecule has 3 atom stereocenters. The molecule has 0 saturated carbocycles. The largest absolute Gasteiger partial charge is 0.374 e. The van der Waals surface area contributed by atoms with Crippen molar-refractivity contribution in [1.82, 2.24) is 24.2 Å². The Labute approximate surface area is 204 Å². The standard InChI is InChI=1S/C23H39N6O4P/c1-9-12-31-23(28-15-25-21-18(6)26-19(7)27-22(21)28)20(30-8)14-33-34(32-13-10-11-24)29(16(2)3)17(4)5/h15-17,20,23H,9-10,12-14H2,1-8H3/t20-,23-,34?/m1/s1. The van der Waals surface area contributed by atoms with Crippen molar-refractivity contribution in [2.45, 2.75) is 85.7 Å². The van der Waals surface area contributed by atoms with Crippen molar-refractivity contribution >= 4 is 19.7 Å². The van der Waals surface area contributed by atoms with Gasteiger partial charge >= 0.3 is 0 Å². The second-order valence-corrected chi connectivity index (χ2v) is 10.0. The molecule has 0 spiro atoms. The van der Waals surface area contributed by atoms with Gasteiger partial charge in [-0.2, -0.15) is 5.26 Å². The average Bonchev–Trinajstić information content (AvgIpc) is 3.19. The van der Waals surface area contributed by atoms with Gasteiger partial charge in [0.2, 0.25) is 0 Å². The van der Waals surface area contributed by atoms with E-state index >= 15 is 0 Å². The summed E-state index contributed by atoms with van der Waals surface area (Å²) in [6.07, 6.45) is 1.95. The highest BCUT2D eigenvalue weighted by molar-refractivity contribution is 7.44. The van der Waals surface area contributed by atoms with Crippen LogP contribution in [0, 0.1) is 25.2 Å². The molecule has 190 valence electrons. The second-order valence-electron chi connectivity index (χ2n) is 8.56. The second kappa shape index (κ2) is 14.0. The Hall–Kier alpha value is -1.73. The van der Waals surface area contributed by atoms with Crippen molar-refractivity contribution in [3.05, 3.63) is 17.8 Å². The van der Waals surface area contributed by atoms with Gasteiger partial charge < -0.3 is 18.5 Å². The van der Waals surface area contributed by atoms with Crippen molar-refractivity contribution in [3.8, 4) is 6.07 Å². The van der Waals surface area contributed by atoms with Gasteiger partial charge in [0, 0.05) is 25.8 Å². The molecule has 0 aliphatic carbocycles. The first-order valence-electron chi connectivity index (χ1n) is 11.8. The Bertz CT molecular complexity index is 924. The van der Waals surface area contributed by atoms with Crippen molar-refractivity contribution in [3.63, 3.8) is 0 Å². The van der Waals surface area contributed by atoms with Gasteiger partial charge in [0.1, 0.15) is 17.4 Å². The van der Waals surface area contributed by atoms with Crippen LogP contribution in [0.15, 0.2) is 6.33 Å². The van der Waals surface area contributed by atoms with Gasteiger partial charge in [-0.15, -0.1) is 0 Å². The number of ether oxygens (including phenoxy) is 2. The van der Waals surface area contributed by atoms with Crippen molar-refractivity contribution in [2.75, 3.05) is 26.9 Å². The fourth-order valence-corrected chi connectivity index (χ4v) is 5.32. The number of imidazole rings is 1. The highest BCUT2D eigenvalue weighted by Crippen LogP contribution is 2.46. The minimum Gasteiger partial charge on any atom is -0.374 e. The van der Waals surface area contributed by atoms with E-state index in [-0.39, 0.29) is 18.7 Å². The van der Waals surface area contributed by atoms with Crippen molar-refractivity contribution in [2.24, 2.45) is 0 Å². The zero-order chi connectivity index (χ0) is 25.3. The van der Waals surface area contributed by atoms with E-state index in [1.807, 2.05) is 18.4 Å². The molecule has 0 bridgehead atoms. The van der Waals surface area contributed by atoms with E-state index in [1.54, 1.807) is 13.4 Å². The molecule has 2 rings (SSSR count). The summed E-state index contributed by atoms with van der Waals surface area (Å²) >= 11 is 0. The Morgan fingerprint density at radius 2 is 1.82 bits per heavy atom. The van der Waals surface area contributed by atoms with Crippen LogP contribution in [0.3, 0.4) is 0 Å². The molecule has 2 aromatic rings. The van der Waals surface area contributed by atoms with Crippen LogP contribution in [0.25, 0.3) is 11.2 Å². The molecule has 0 aliphatic heterocycles. The topological polar surface area (TPSA) is 108 Å². The quantitative estimate of drug-likeness (QED) is 0.258. The van der Waals surface area contributed by atoms with Gasteiger partial charge in [-0.1, -0.05) is 6.92 Å². The third-order valence-electron chi connectivity index (χ3n) is 5.11. The van der Waals surface area contributed by atoms with Crippen LogP contribution in [-0.4, -0.2) is 69.3 Å². The van der Waals surface area contributed by atoms with Crippen LogP contribution < -0.4 is 0 Å². The summed E-state index contributed by atoms with van der Waals surface area (Å²) in [5.41, 5.74) is 2.26. The Kier molecular flexibility index (Phi) is 11.7. The summed E-state index contributed by atoms with van der Waals surface area (Å²) in [7, 11) is 0.245. The molecule has 34 heavy (non-hydrogen) atoms. The van der Waals surface area contributed by atoms with Crippen molar-refractivity contribution in [1.29, 1.82) is 5.26 Å². The van der Waals surface area contributed by atoms with Gasteiger partial charge in [-0.25, -0.2) is 19.6 Å². The number of aryl methyl sites for hydroxylation is 2. The number of methoxy groups -OCH3 is 1. The van der Waals surface area contributed by atoms with Crippen molar-refractivity contribution < 1.29 is 18.5 Å². The first-order valence-corrected chi connectivity index (χ1v) is 12.9. The fourth-order valence-electron chi connectivity index (χ4n) is 3.70. The third kappa shape index (κ3) is 7.38. The van der Waals surface area contributed by atoms with E-state index < -0.39 is 20.9 Å². The van der Waals surface area contributed by atoms with Gasteiger partial charge in [-0.05, 0) is 48.0 Å². The van der Waals surface area contributed by atoms with Crippen LogP contribution in [-0.2, 0) is 18.5 Å². The van der Waals surface area contributed by atoms with Crippen LogP contribution in [0.4, 0.5) is 0 Å². The number of hydrogen-bond donors (Lipinski definition) is 0. The number of nitrogens with zero attached hydrogens (tertiary/aromatic N) is 6. The highest BCUT2D eigenvalue weighted by Gasteiger charge is 2.32. The number of rotatable bonds is 15. The van der Waals surface area contributed by atoms with Gasteiger partial charge in [0.15, 0.2) is 11.9 Å². The fraction of sp³-hybridized carbons (Fsp3) is 0.739. The minimum absolute atomic E-state index is 0.210. The lowest BCUT2D eigenvalue weighted by molar-refractivity contribution is -0.109. The third-order valence-corrected chi connectivity index (χ3v) is 7.18. The molecule has 2 heterocycles. The lowest BCUT2D eigenvalue weighted by Crippen LogP contribution is -2.36. The van der Waals surface area contributed by atoms with Gasteiger partial charge in [0.05, 0.1) is 37.7 Å². The molecule has 0 amide bonds. The number of hydrogen-bond acceptors (Lipinski definition) is 9. The molecule has 0 radical (unpaired) electrons. The maximum absolute atomic E-state index is 8.95. The van der Waals surface area contributed by atoms with E-state index in [0.717, 1.165) is 17.6 Å². The maximum Gasteiger partial charge on any atom is 0.259 e. The molecule has 2 aromatic heterocycles. The summed E-state index contributed by atoms with van der Waals surface area (Å²) in [6, 6.07) is 2.55. The predicted molar refractivity (Wildman–Crippen MR) is 132 cm³/mol. The SMILES string of the molecule is CCCO[C@H]([C@@H](COP(OCCC#N)N(C(C)C)C(C)C)OC)n1cnc2c(C)nc(C)nc21. The molecule has 0 aliphatic rings. The summed E-state index contributed by atoms with van der Waals surface area (Å²) in [5, 5.41) is 8.95. The van der Waals surface area contributed by atoms with Crippen LogP contribution in [0.2, 0.25) is 0 Å². The molecule has 0 aromatic carbocycles. The smallest absolute Gasteiger partial charge is 0.259 e. The molecule has 0 fully saturated rings. The monoisotopic (exact) mass is 494 g/mol. The Morgan fingerprint density at radius 3 is 2.41 bits per heavy atom. The first kappa shape index (κ1) is 28.5. The minimum atomic E-state index is -1.40.